The second kappa shape index (κ2) is 10.2. The van der Waals surface area contributed by atoms with Crippen molar-refractivity contribution >= 4 is 27.3 Å². The molecule has 0 spiro atoms. The van der Waals surface area contributed by atoms with E-state index in [1.807, 2.05) is 6.07 Å². The third-order valence-corrected chi connectivity index (χ3v) is 8.27. The minimum atomic E-state index is -3.60. The zero-order valence-electron chi connectivity index (χ0n) is 19.6. The molecular formula is C25H24ClF2N3O3S. The lowest BCUT2D eigenvalue weighted by molar-refractivity contribution is 0.0941. The number of hydrogen-bond donors (Lipinski definition) is 1. The van der Waals surface area contributed by atoms with Gasteiger partial charge >= 0.3 is 0 Å². The fourth-order valence-corrected chi connectivity index (χ4v) is 5.08. The highest BCUT2D eigenvalue weighted by molar-refractivity contribution is 7.92. The summed E-state index contributed by atoms with van der Waals surface area (Å²) in [7, 11) is -2.10. The fourth-order valence-electron chi connectivity index (χ4n) is 3.75. The lowest BCUT2D eigenvalue weighted by Gasteiger charge is -2.21. The summed E-state index contributed by atoms with van der Waals surface area (Å²) >= 11 is 6.10. The molecule has 1 atom stereocenters. The van der Waals surface area contributed by atoms with E-state index >= 15 is 0 Å². The smallest absolute Gasteiger partial charge is 0.254 e. The van der Waals surface area contributed by atoms with E-state index in [-0.39, 0.29) is 27.9 Å². The van der Waals surface area contributed by atoms with Crippen molar-refractivity contribution in [2.45, 2.75) is 32.1 Å². The fraction of sp³-hybridized carbons (Fsp3) is 0.280. The number of carbonyl (C=O) groups is 1. The third-order valence-electron chi connectivity index (χ3n) is 5.80. The minimum absolute atomic E-state index is 0.0446. The highest BCUT2D eigenvalue weighted by atomic mass is 35.5. The molecule has 1 amide bonds. The van der Waals surface area contributed by atoms with Gasteiger partial charge in [0.1, 0.15) is 23.4 Å². The van der Waals surface area contributed by atoms with Crippen LogP contribution in [0.1, 0.15) is 47.1 Å². The highest BCUT2D eigenvalue weighted by Crippen LogP contribution is 2.35. The second-order valence-corrected chi connectivity index (χ2v) is 11.5. The number of sulfone groups is 1. The van der Waals surface area contributed by atoms with Crippen molar-refractivity contribution in [3.05, 3.63) is 81.6 Å². The predicted molar refractivity (Wildman–Crippen MR) is 131 cm³/mol. The molecule has 0 fully saturated rings. The topological polar surface area (TPSA) is 92.0 Å². The lowest BCUT2D eigenvalue weighted by Crippen LogP contribution is -2.35. The van der Waals surface area contributed by atoms with Crippen molar-refractivity contribution in [2.24, 2.45) is 7.05 Å². The van der Waals surface area contributed by atoms with Gasteiger partial charge in [-0.2, -0.15) is 5.26 Å². The summed E-state index contributed by atoms with van der Waals surface area (Å²) in [4.78, 5) is 13.5. The molecule has 0 aliphatic carbocycles. The van der Waals surface area contributed by atoms with Crippen molar-refractivity contribution in [1.29, 1.82) is 5.26 Å². The lowest BCUT2D eigenvalue weighted by atomic mass is 9.95. The summed E-state index contributed by atoms with van der Waals surface area (Å²) in [5.41, 5.74) is -0.0147. The Kier molecular flexibility index (Phi) is 7.68. The van der Waals surface area contributed by atoms with Gasteiger partial charge in [-0.3, -0.25) is 4.79 Å². The van der Waals surface area contributed by atoms with E-state index in [2.05, 4.69) is 5.32 Å². The van der Waals surface area contributed by atoms with Crippen LogP contribution in [0.15, 0.2) is 42.6 Å². The first-order valence-corrected chi connectivity index (χ1v) is 12.8. The molecule has 0 radical (unpaired) electrons. The van der Waals surface area contributed by atoms with Gasteiger partial charge in [0.15, 0.2) is 9.84 Å². The Balaban J connectivity index is 2.15. The molecule has 3 aromatic rings. The second-order valence-electron chi connectivity index (χ2n) is 8.48. The molecule has 6 nitrogen and oxygen atoms in total. The maximum atomic E-state index is 14.9. The van der Waals surface area contributed by atoms with Crippen LogP contribution < -0.4 is 5.32 Å². The summed E-state index contributed by atoms with van der Waals surface area (Å²) < 4.78 is 55.9. The van der Waals surface area contributed by atoms with Crippen LogP contribution in [0.25, 0.3) is 11.1 Å². The number of rotatable bonds is 7. The monoisotopic (exact) mass is 519 g/mol. The van der Waals surface area contributed by atoms with Crippen molar-refractivity contribution in [3.63, 3.8) is 0 Å². The van der Waals surface area contributed by atoms with Crippen molar-refractivity contribution in [1.82, 2.24) is 9.88 Å². The van der Waals surface area contributed by atoms with Crippen LogP contribution in [0.2, 0.25) is 5.02 Å². The van der Waals surface area contributed by atoms with Gasteiger partial charge in [0.25, 0.3) is 5.91 Å². The molecule has 1 heterocycles. The van der Waals surface area contributed by atoms with Gasteiger partial charge in [0, 0.05) is 29.4 Å². The molecule has 1 N–H and O–H groups in total. The van der Waals surface area contributed by atoms with Gasteiger partial charge in [-0.25, -0.2) is 17.2 Å². The van der Waals surface area contributed by atoms with E-state index < -0.39 is 44.4 Å². The summed E-state index contributed by atoms with van der Waals surface area (Å²) in [5, 5.41) is 12.1. The molecule has 0 aliphatic rings. The first kappa shape index (κ1) is 26.4. The Morgan fingerprint density at radius 2 is 1.83 bits per heavy atom. The quantitative estimate of drug-likeness (QED) is 0.470. The zero-order valence-corrected chi connectivity index (χ0v) is 21.1. The van der Waals surface area contributed by atoms with Crippen LogP contribution in [0, 0.1) is 29.9 Å². The van der Waals surface area contributed by atoms with Gasteiger partial charge in [-0.15, -0.1) is 0 Å². The van der Waals surface area contributed by atoms with Crippen LogP contribution in [-0.4, -0.2) is 29.9 Å². The maximum absolute atomic E-state index is 14.9. The molecule has 35 heavy (non-hydrogen) atoms. The summed E-state index contributed by atoms with van der Waals surface area (Å²) in [6.07, 6.45) is 1.33. The average Bonchev–Trinajstić information content (AvgIpc) is 3.11. The van der Waals surface area contributed by atoms with E-state index in [0.717, 1.165) is 12.1 Å². The summed E-state index contributed by atoms with van der Waals surface area (Å²) in [6.45, 7) is 4.43. The number of aromatic nitrogens is 1. The van der Waals surface area contributed by atoms with Gasteiger partial charge in [0.2, 0.25) is 0 Å². The molecule has 184 valence electrons. The van der Waals surface area contributed by atoms with Crippen molar-refractivity contribution in [2.75, 3.05) is 5.75 Å². The van der Waals surface area contributed by atoms with E-state index in [0.29, 0.717) is 10.6 Å². The third kappa shape index (κ3) is 5.39. The van der Waals surface area contributed by atoms with E-state index in [1.54, 1.807) is 24.3 Å². The molecule has 0 saturated carbocycles. The molecule has 3 rings (SSSR count). The zero-order chi connectivity index (χ0) is 26.1. The Bertz CT molecular complexity index is 1440. The van der Waals surface area contributed by atoms with Crippen molar-refractivity contribution < 1.29 is 22.0 Å². The number of nitrogens with one attached hydrogen (secondary N) is 1. The summed E-state index contributed by atoms with van der Waals surface area (Å²) in [5.74, 6) is -2.64. The average molecular weight is 520 g/mol. The van der Waals surface area contributed by atoms with Gasteiger partial charge in [0.05, 0.1) is 22.6 Å². The number of hydrogen-bond acceptors (Lipinski definition) is 4. The Morgan fingerprint density at radius 1 is 1.17 bits per heavy atom. The maximum Gasteiger partial charge on any atom is 0.254 e. The first-order valence-electron chi connectivity index (χ1n) is 10.7. The van der Waals surface area contributed by atoms with Gasteiger partial charge in [-0.05, 0) is 56.2 Å². The largest absolute Gasteiger partial charge is 0.344 e. The number of amides is 1. The molecule has 10 heteroatoms. The Labute approximate surface area is 208 Å². The molecule has 0 aliphatic heterocycles. The first-order chi connectivity index (χ1) is 16.4. The van der Waals surface area contributed by atoms with E-state index in [9.17, 15) is 27.3 Å². The summed E-state index contributed by atoms with van der Waals surface area (Å²) in [6, 6.07) is 9.28. The van der Waals surface area contributed by atoms with Crippen LogP contribution in [-0.2, 0) is 16.9 Å². The Hall–Kier alpha value is -3.22. The van der Waals surface area contributed by atoms with E-state index in [1.165, 1.54) is 38.6 Å². The van der Waals surface area contributed by atoms with Crippen LogP contribution >= 0.6 is 11.6 Å². The van der Waals surface area contributed by atoms with Crippen LogP contribution in [0.5, 0.6) is 0 Å². The van der Waals surface area contributed by atoms with E-state index in [4.69, 9.17) is 11.6 Å². The minimum Gasteiger partial charge on any atom is -0.344 e. The van der Waals surface area contributed by atoms with Gasteiger partial charge < -0.3 is 9.88 Å². The standard InChI is InChI=1S/C25H24ClF2N3O3S/c1-14(2)35(33,34)13-21(16-6-5-7-17(26)10-16)30-25(32)18-12-31(4)22(11-29)24(18)23-15(3)19(27)8-9-20(23)28/h5-10,12,14,21H,13H2,1-4H3,(H,30,32)/t21-/m1/s1. The molecule has 0 saturated heterocycles. The van der Waals surface area contributed by atoms with Crippen LogP contribution in [0.3, 0.4) is 0 Å². The van der Waals surface area contributed by atoms with Crippen molar-refractivity contribution in [3.8, 4) is 17.2 Å². The predicted octanol–water partition coefficient (Wildman–Crippen LogP) is 5.10. The number of halogens is 3. The number of nitriles is 1. The SMILES string of the molecule is Cc1c(F)ccc(F)c1-c1c(C(=O)N[C@H](CS(=O)(=O)C(C)C)c2cccc(Cl)c2)cn(C)c1C#N. The number of aryl methyl sites for hydroxylation is 1. The van der Waals surface area contributed by atoms with Gasteiger partial charge in [-0.1, -0.05) is 23.7 Å². The molecule has 1 aromatic heterocycles. The van der Waals surface area contributed by atoms with Crippen LogP contribution in [0.4, 0.5) is 8.78 Å². The normalized spacial score (nSPS) is 12.4. The number of carbonyl (C=O) groups excluding carboxylic acids is 1. The number of benzene rings is 2. The highest BCUT2D eigenvalue weighted by Gasteiger charge is 2.30. The molecule has 0 unspecified atom stereocenters. The number of nitrogens with zero attached hydrogens (tertiary/aromatic N) is 2. The molecule has 2 aromatic carbocycles. The molecule has 0 bridgehead atoms. The molecular weight excluding hydrogens is 496 g/mol. The Morgan fingerprint density at radius 3 is 2.43 bits per heavy atom.